The predicted molar refractivity (Wildman–Crippen MR) is 83.0 cm³/mol. The fraction of sp³-hybridized carbons (Fsp3) is 0.286. The summed E-state index contributed by atoms with van der Waals surface area (Å²) in [7, 11) is 0. The van der Waals surface area contributed by atoms with Crippen molar-refractivity contribution in [3.8, 4) is 0 Å². The topological polar surface area (TPSA) is 22.1 Å². The molecule has 0 radical (unpaired) electrons. The smallest absolute Gasteiger partial charge is 0.166 e. The summed E-state index contributed by atoms with van der Waals surface area (Å²) in [5.41, 5.74) is 2.97. The molecule has 0 aliphatic heterocycles. The highest BCUT2D eigenvalue weighted by Crippen LogP contribution is 2.15. The molecule has 4 heteroatoms. The number of nitrogens with zero attached hydrogens (tertiary/aromatic N) is 1. The summed E-state index contributed by atoms with van der Waals surface area (Å²) in [6.45, 7) is 4.02. The molecule has 0 aliphatic carbocycles. The number of thiazole rings is 1. The standard InChI is InChI=1S/C7H5NS.C7H12OS/c1-2-4-7-6(3-1)8-5-9-7;1-3-5-6-8-7(9)4-2/h1-5H;5-6H,3-4H2,1-2H3. The van der Waals surface area contributed by atoms with E-state index in [0.717, 1.165) is 18.4 Å². The van der Waals surface area contributed by atoms with Crippen molar-refractivity contribution in [3.63, 3.8) is 0 Å². The van der Waals surface area contributed by atoms with E-state index in [1.54, 1.807) is 17.6 Å². The van der Waals surface area contributed by atoms with Gasteiger partial charge in [0.15, 0.2) is 5.05 Å². The second kappa shape index (κ2) is 8.78. The van der Waals surface area contributed by atoms with Crippen molar-refractivity contribution in [2.75, 3.05) is 0 Å². The maximum absolute atomic E-state index is 4.98. The van der Waals surface area contributed by atoms with Crippen molar-refractivity contribution < 1.29 is 4.74 Å². The van der Waals surface area contributed by atoms with E-state index in [1.165, 1.54) is 4.70 Å². The summed E-state index contributed by atoms with van der Waals surface area (Å²) in [6.07, 6.45) is 5.38. The van der Waals surface area contributed by atoms with Gasteiger partial charge in [0.25, 0.3) is 0 Å². The largest absolute Gasteiger partial charge is 0.458 e. The Balaban J connectivity index is 0.000000180. The van der Waals surface area contributed by atoms with E-state index in [1.807, 2.05) is 36.7 Å². The van der Waals surface area contributed by atoms with Crippen LogP contribution in [0.5, 0.6) is 0 Å². The average Bonchev–Trinajstić information content (AvgIpc) is 2.88. The van der Waals surface area contributed by atoms with Crippen LogP contribution < -0.4 is 0 Å². The first-order valence-corrected chi connectivity index (χ1v) is 7.19. The Bertz CT molecular complexity index is 475. The minimum absolute atomic E-state index is 0.653. The number of rotatable bonds is 3. The molecule has 1 heterocycles. The third kappa shape index (κ3) is 5.38. The number of hydrogen-bond donors (Lipinski definition) is 0. The van der Waals surface area contributed by atoms with Gasteiger partial charge in [-0.3, -0.25) is 0 Å². The Morgan fingerprint density at radius 2 is 2.17 bits per heavy atom. The summed E-state index contributed by atoms with van der Waals surface area (Å²) in [4.78, 5) is 4.14. The number of thiocarbonyl (C=S) groups is 1. The van der Waals surface area contributed by atoms with Crippen molar-refractivity contribution >= 4 is 38.8 Å². The van der Waals surface area contributed by atoms with Gasteiger partial charge in [0.05, 0.1) is 22.0 Å². The third-order valence-corrected chi connectivity index (χ3v) is 3.25. The normalized spacial score (nSPS) is 10.1. The molecule has 96 valence electrons. The SMILES string of the molecule is CCC=COC(=S)CC.c1ccc2scnc2c1. The number of fused-ring (bicyclic) bond motifs is 1. The first-order valence-electron chi connectivity index (χ1n) is 5.90. The minimum atomic E-state index is 0.653. The molecule has 0 spiro atoms. The Morgan fingerprint density at radius 3 is 2.83 bits per heavy atom. The average molecular weight is 279 g/mol. The number of ether oxygens (including phenoxy) is 1. The van der Waals surface area contributed by atoms with Crippen LogP contribution in [-0.2, 0) is 4.74 Å². The van der Waals surface area contributed by atoms with Gasteiger partial charge >= 0.3 is 0 Å². The Morgan fingerprint density at radius 1 is 1.39 bits per heavy atom. The van der Waals surface area contributed by atoms with Crippen LogP contribution in [0.2, 0.25) is 0 Å². The Labute approximate surface area is 117 Å². The highest BCUT2D eigenvalue weighted by molar-refractivity contribution is 7.80. The van der Waals surface area contributed by atoms with Crippen molar-refractivity contribution in [1.82, 2.24) is 4.98 Å². The number of aromatic nitrogens is 1. The molecular weight excluding hydrogens is 262 g/mol. The lowest BCUT2D eigenvalue weighted by Gasteiger charge is -1.95. The zero-order chi connectivity index (χ0) is 13.2. The van der Waals surface area contributed by atoms with Crippen LogP contribution >= 0.6 is 23.6 Å². The molecule has 1 aromatic carbocycles. The first kappa shape index (κ1) is 14.8. The van der Waals surface area contributed by atoms with Crippen LogP contribution in [-0.4, -0.2) is 10.0 Å². The van der Waals surface area contributed by atoms with Crippen LogP contribution in [0.1, 0.15) is 26.7 Å². The second-order valence-electron chi connectivity index (χ2n) is 3.44. The van der Waals surface area contributed by atoms with E-state index in [4.69, 9.17) is 17.0 Å². The highest BCUT2D eigenvalue weighted by atomic mass is 32.1. The molecule has 0 bridgehead atoms. The van der Waals surface area contributed by atoms with Crippen molar-refractivity contribution in [3.05, 3.63) is 42.1 Å². The van der Waals surface area contributed by atoms with Gasteiger partial charge in [0.1, 0.15) is 0 Å². The lowest BCUT2D eigenvalue weighted by Crippen LogP contribution is -1.91. The van der Waals surface area contributed by atoms with Crippen LogP contribution in [0, 0.1) is 0 Å². The lowest BCUT2D eigenvalue weighted by atomic mass is 10.3. The number of benzene rings is 1. The van der Waals surface area contributed by atoms with Gasteiger partial charge in [-0.15, -0.1) is 11.3 Å². The molecule has 2 nitrogen and oxygen atoms in total. The fourth-order valence-electron chi connectivity index (χ4n) is 1.11. The summed E-state index contributed by atoms with van der Waals surface area (Å²) in [6, 6.07) is 8.13. The van der Waals surface area contributed by atoms with Crippen LogP contribution in [0.3, 0.4) is 0 Å². The number of allylic oxidation sites excluding steroid dienone is 1. The molecule has 0 unspecified atom stereocenters. The van der Waals surface area contributed by atoms with Gasteiger partial charge < -0.3 is 4.74 Å². The van der Waals surface area contributed by atoms with Gasteiger partial charge in [-0.05, 0) is 36.8 Å². The molecule has 2 aromatic rings. The van der Waals surface area contributed by atoms with Crippen molar-refractivity contribution in [1.29, 1.82) is 0 Å². The van der Waals surface area contributed by atoms with E-state index in [2.05, 4.69) is 18.0 Å². The molecule has 0 aliphatic rings. The molecule has 0 saturated carbocycles. The molecule has 1 aromatic heterocycles. The molecule has 0 atom stereocenters. The maximum atomic E-state index is 4.98. The van der Waals surface area contributed by atoms with Crippen LogP contribution in [0.25, 0.3) is 10.2 Å². The fourth-order valence-corrected chi connectivity index (χ4v) is 1.84. The van der Waals surface area contributed by atoms with Gasteiger partial charge in [-0.2, -0.15) is 0 Å². The van der Waals surface area contributed by atoms with Crippen molar-refractivity contribution in [2.24, 2.45) is 0 Å². The Kier molecular flexibility index (Phi) is 7.22. The zero-order valence-electron chi connectivity index (χ0n) is 10.6. The molecule has 0 fully saturated rings. The van der Waals surface area contributed by atoms with Crippen molar-refractivity contribution in [2.45, 2.75) is 26.7 Å². The molecule has 0 N–H and O–H groups in total. The van der Waals surface area contributed by atoms with Gasteiger partial charge in [-0.1, -0.05) is 26.0 Å². The van der Waals surface area contributed by atoms with Crippen LogP contribution in [0.15, 0.2) is 42.1 Å². The quantitative estimate of drug-likeness (QED) is 0.585. The highest BCUT2D eigenvalue weighted by Gasteiger charge is 1.89. The number of hydrogen-bond acceptors (Lipinski definition) is 4. The molecule has 18 heavy (non-hydrogen) atoms. The second-order valence-corrected chi connectivity index (χ2v) is 4.79. The predicted octanol–water partition coefficient (Wildman–Crippen LogP) is 4.96. The summed E-state index contributed by atoms with van der Waals surface area (Å²) in [5, 5.41) is 0.653. The summed E-state index contributed by atoms with van der Waals surface area (Å²) < 4.78 is 6.24. The van der Waals surface area contributed by atoms with Gasteiger partial charge in [-0.25, -0.2) is 4.98 Å². The van der Waals surface area contributed by atoms with E-state index in [0.29, 0.717) is 5.05 Å². The molecule has 0 amide bonds. The van der Waals surface area contributed by atoms with E-state index in [-0.39, 0.29) is 0 Å². The van der Waals surface area contributed by atoms with E-state index >= 15 is 0 Å². The van der Waals surface area contributed by atoms with Gasteiger partial charge in [0.2, 0.25) is 0 Å². The third-order valence-electron chi connectivity index (χ3n) is 2.06. The van der Waals surface area contributed by atoms with Crippen LogP contribution in [0.4, 0.5) is 0 Å². The molecule has 0 saturated heterocycles. The maximum Gasteiger partial charge on any atom is 0.166 e. The summed E-state index contributed by atoms with van der Waals surface area (Å²) >= 11 is 6.47. The van der Waals surface area contributed by atoms with E-state index in [9.17, 15) is 0 Å². The molecular formula is C14H17NOS2. The summed E-state index contributed by atoms with van der Waals surface area (Å²) in [5.74, 6) is 0. The molecule has 2 rings (SSSR count). The minimum Gasteiger partial charge on any atom is -0.458 e. The zero-order valence-corrected chi connectivity index (χ0v) is 12.3. The van der Waals surface area contributed by atoms with E-state index < -0.39 is 0 Å². The first-order chi connectivity index (χ1) is 8.77. The van der Waals surface area contributed by atoms with Gasteiger partial charge in [0, 0.05) is 6.42 Å². The lowest BCUT2D eigenvalue weighted by molar-refractivity contribution is 0.471. The number of para-hydroxylation sites is 1. The monoisotopic (exact) mass is 279 g/mol. The Hall–Kier alpha value is -1.26.